The van der Waals surface area contributed by atoms with Crippen molar-refractivity contribution in [3.05, 3.63) is 0 Å². The summed E-state index contributed by atoms with van der Waals surface area (Å²) in [5.74, 6) is -2.80. The second kappa shape index (κ2) is 5.36. The third-order valence-corrected chi connectivity index (χ3v) is 3.62. The van der Waals surface area contributed by atoms with E-state index in [-0.39, 0.29) is 6.04 Å². The zero-order valence-corrected chi connectivity index (χ0v) is 10.1. The van der Waals surface area contributed by atoms with Crippen LogP contribution in [0.4, 0.5) is 13.6 Å². The number of hydrogen-bond donors (Lipinski definition) is 2. The van der Waals surface area contributed by atoms with E-state index < -0.39 is 24.7 Å². The van der Waals surface area contributed by atoms with Crippen LogP contribution in [0.15, 0.2) is 0 Å². The van der Waals surface area contributed by atoms with Gasteiger partial charge in [-0.05, 0) is 19.3 Å². The molecule has 2 heterocycles. The number of nitrogens with zero attached hydrogens (tertiary/aromatic N) is 1. The largest absolute Gasteiger partial charge is 0.465 e. The first kappa shape index (κ1) is 13.5. The number of nitrogens with one attached hydrogen (secondary N) is 1. The van der Waals surface area contributed by atoms with Crippen molar-refractivity contribution in [1.29, 1.82) is 0 Å². The Bertz CT molecular complexity index is 307. The number of hydrogen-bond acceptors (Lipinski definition) is 3. The van der Waals surface area contributed by atoms with Gasteiger partial charge in [-0.25, -0.2) is 13.6 Å². The molecule has 0 bridgehead atoms. The van der Waals surface area contributed by atoms with Crippen LogP contribution in [0.5, 0.6) is 0 Å². The highest BCUT2D eigenvalue weighted by atomic mass is 19.3. The molecule has 2 aliphatic rings. The molecule has 2 aliphatic heterocycles. The number of amides is 1. The Morgan fingerprint density at radius 1 is 1.33 bits per heavy atom. The van der Waals surface area contributed by atoms with Crippen molar-refractivity contribution >= 4 is 6.09 Å². The molecule has 0 aromatic rings. The summed E-state index contributed by atoms with van der Waals surface area (Å²) >= 11 is 0. The fraction of sp³-hybridized carbons (Fsp3) is 0.909. The van der Waals surface area contributed by atoms with E-state index in [0.29, 0.717) is 39.0 Å². The van der Waals surface area contributed by atoms with E-state index in [1.165, 1.54) is 0 Å². The number of halogens is 2. The highest BCUT2D eigenvalue weighted by molar-refractivity contribution is 5.64. The number of carbonyl (C=O) groups is 1. The highest BCUT2D eigenvalue weighted by Crippen LogP contribution is 2.31. The van der Waals surface area contributed by atoms with Gasteiger partial charge in [0, 0.05) is 25.7 Å². The molecule has 1 atom stereocenters. The minimum absolute atomic E-state index is 0.118. The molecule has 2 saturated heterocycles. The molecule has 7 heteroatoms. The number of carboxylic acid groups (broad SMARTS) is 1. The fourth-order valence-electron chi connectivity index (χ4n) is 2.69. The number of likely N-dealkylation sites (tertiary alicyclic amines) is 1. The Hall–Kier alpha value is -0.950. The molecular weight excluding hydrogens is 246 g/mol. The summed E-state index contributed by atoms with van der Waals surface area (Å²) in [5, 5.41) is 11.0. The zero-order valence-electron chi connectivity index (χ0n) is 10.1. The summed E-state index contributed by atoms with van der Waals surface area (Å²) in [6.45, 7) is 0.870. The number of alkyl halides is 2. The monoisotopic (exact) mass is 264 g/mol. The van der Waals surface area contributed by atoms with Crippen molar-refractivity contribution in [3.8, 4) is 0 Å². The molecule has 0 aromatic carbocycles. The SMILES string of the molecule is O=C(O)NC1CCN(C2CCOCC2(F)F)CC1. The van der Waals surface area contributed by atoms with E-state index in [1.54, 1.807) is 4.90 Å². The normalized spacial score (nSPS) is 30.0. The van der Waals surface area contributed by atoms with Crippen molar-refractivity contribution in [2.24, 2.45) is 0 Å². The van der Waals surface area contributed by atoms with Crippen LogP contribution < -0.4 is 5.32 Å². The van der Waals surface area contributed by atoms with E-state index in [1.807, 2.05) is 0 Å². The summed E-state index contributed by atoms with van der Waals surface area (Å²) in [6, 6.07) is -0.885. The van der Waals surface area contributed by atoms with Crippen molar-refractivity contribution in [3.63, 3.8) is 0 Å². The first-order valence-corrected chi connectivity index (χ1v) is 6.18. The molecule has 0 aromatic heterocycles. The van der Waals surface area contributed by atoms with Crippen LogP contribution in [-0.2, 0) is 4.74 Å². The predicted octanol–water partition coefficient (Wildman–Crippen LogP) is 1.14. The highest BCUT2D eigenvalue weighted by Gasteiger charge is 2.46. The van der Waals surface area contributed by atoms with Crippen molar-refractivity contribution in [2.75, 3.05) is 26.3 Å². The van der Waals surface area contributed by atoms with Crippen LogP contribution in [0.1, 0.15) is 19.3 Å². The van der Waals surface area contributed by atoms with E-state index in [9.17, 15) is 13.6 Å². The first-order chi connectivity index (χ1) is 8.49. The van der Waals surface area contributed by atoms with Gasteiger partial charge < -0.3 is 15.2 Å². The minimum atomic E-state index is -2.80. The van der Waals surface area contributed by atoms with Gasteiger partial charge in [0.15, 0.2) is 0 Å². The third-order valence-electron chi connectivity index (χ3n) is 3.62. The zero-order chi connectivity index (χ0) is 13.2. The summed E-state index contributed by atoms with van der Waals surface area (Å²) < 4.78 is 32.2. The van der Waals surface area contributed by atoms with Gasteiger partial charge in [0.05, 0.1) is 6.04 Å². The van der Waals surface area contributed by atoms with Crippen LogP contribution in [0.3, 0.4) is 0 Å². The van der Waals surface area contributed by atoms with Gasteiger partial charge in [-0.3, -0.25) is 4.90 Å². The van der Waals surface area contributed by atoms with Gasteiger partial charge >= 0.3 is 6.09 Å². The van der Waals surface area contributed by atoms with Crippen molar-refractivity contribution < 1.29 is 23.4 Å². The smallest absolute Gasteiger partial charge is 0.404 e. The van der Waals surface area contributed by atoms with Gasteiger partial charge in [-0.1, -0.05) is 0 Å². The van der Waals surface area contributed by atoms with E-state index in [0.717, 1.165) is 0 Å². The Kier molecular flexibility index (Phi) is 4.01. The molecule has 1 amide bonds. The Balaban J connectivity index is 1.87. The van der Waals surface area contributed by atoms with Crippen LogP contribution in [-0.4, -0.2) is 60.4 Å². The third kappa shape index (κ3) is 3.08. The minimum Gasteiger partial charge on any atom is -0.465 e. The molecule has 0 spiro atoms. The maximum Gasteiger partial charge on any atom is 0.404 e. The molecule has 2 fully saturated rings. The van der Waals surface area contributed by atoms with Crippen molar-refractivity contribution in [2.45, 2.75) is 37.3 Å². The lowest BCUT2D eigenvalue weighted by atomic mass is 9.97. The lowest BCUT2D eigenvalue weighted by Crippen LogP contribution is -2.57. The Morgan fingerprint density at radius 3 is 2.56 bits per heavy atom. The maximum absolute atomic E-state index is 13.7. The molecule has 18 heavy (non-hydrogen) atoms. The maximum atomic E-state index is 13.7. The van der Waals surface area contributed by atoms with Gasteiger partial charge in [-0.15, -0.1) is 0 Å². The van der Waals surface area contributed by atoms with Crippen LogP contribution in [0.2, 0.25) is 0 Å². The van der Waals surface area contributed by atoms with Crippen molar-refractivity contribution in [1.82, 2.24) is 10.2 Å². The van der Waals surface area contributed by atoms with E-state index in [4.69, 9.17) is 9.84 Å². The average molecular weight is 264 g/mol. The van der Waals surface area contributed by atoms with Crippen LogP contribution in [0.25, 0.3) is 0 Å². The van der Waals surface area contributed by atoms with Crippen LogP contribution >= 0.6 is 0 Å². The molecule has 0 saturated carbocycles. The fourth-order valence-corrected chi connectivity index (χ4v) is 2.69. The standard InChI is InChI=1S/C11H18F2N2O3/c12-11(13)7-18-6-3-9(11)15-4-1-8(2-5-15)14-10(16)17/h8-9,14H,1-7H2,(H,16,17). The van der Waals surface area contributed by atoms with Crippen LogP contribution in [0, 0.1) is 0 Å². The molecule has 2 N–H and O–H groups in total. The Labute approximate surface area is 104 Å². The number of rotatable bonds is 2. The molecule has 2 rings (SSSR count). The second-order valence-electron chi connectivity index (χ2n) is 4.88. The molecule has 104 valence electrons. The topological polar surface area (TPSA) is 61.8 Å². The van der Waals surface area contributed by atoms with Gasteiger partial charge in [-0.2, -0.15) is 0 Å². The summed E-state index contributed by atoms with van der Waals surface area (Å²) in [4.78, 5) is 12.3. The predicted molar refractivity (Wildman–Crippen MR) is 59.9 cm³/mol. The lowest BCUT2D eigenvalue weighted by molar-refractivity contribution is -0.168. The average Bonchev–Trinajstić information content (AvgIpc) is 2.29. The van der Waals surface area contributed by atoms with Gasteiger partial charge in [0.2, 0.25) is 0 Å². The molecular formula is C11H18F2N2O3. The second-order valence-corrected chi connectivity index (χ2v) is 4.88. The van der Waals surface area contributed by atoms with Gasteiger partial charge in [0.1, 0.15) is 6.61 Å². The van der Waals surface area contributed by atoms with Gasteiger partial charge in [0.25, 0.3) is 5.92 Å². The number of ether oxygens (including phenoxy) is 1. The molecule has 0 aliphatic carbocycles. The Morgan fingerprint density at radius 2 is 2.00 bits per heavy atom. The molecule has 5 nitrogen and oxygen atoms in total. The molecule has 1 unspecified atom stereocenters. The van der Waals surface area contributed by atoms with E-state index in [2.05, 4.69) is 5.32 Å². The lowest BCUT2D eigenvalue weighted by Gasteiger charge is -2.42. The van der Waals surface area contributed by atoms with E-state index >= 15 is 0 Å². The summed E-state index contributed by atoms with van der Waals surface area (Å²) in [7, 11) is 0. The first-order valence-electron chi connectivity index (χ1n) is 6.18. The number of piperidine rings is 1. The quantitative estimate of drug-likeness (QED) is 0.785. The summed E-state index contributed by atoms with van der Waals surface area (Å²) in [6.07, 6.45) is 0.452. The molecule has 0 radical (unpaired) electrons. The summed E-state index contributed by atoms with van der Waals surface area (Å²) in [5.41, 5.74) is 0.